The van der Waals surface area contributed by atoms with E-state index in [-0.39, 0.29) is 29.8 Å². The number of anilines is 1. The van der Waals surface area contributed by atoms with E-state index in [0.29, 0.717) is 18.4 Å². The Morgan fingerprint density at radius 1 is 1.62 bits per heavy atom. The Balaban J connectivity index is 1.79. The van der Waals surface area contributed by atoms with E-state index < -0.39 is 0 Å². The van der Waals surface area contributed by atoms with Gasteiger partial charge in [-0.25, -0.2) is 0 Å². The summed E-state index contributed by atoms with van der Waals surface area (Å²) in [5.41, 5.74) is 7.02. The van der Waals surface area contributed by atoms with E-state index in [1.54, 1.807) is 16.3 Å². The average molecular weight is 307 g/mol. The van der Waals surface area contributed by atoms with E-state index in [1.807, 2.05) is 13.2 Å². The zero-order valence-corrected chi connectivity index (χ0v) is 12.4. The number of aromatic nitrogens is 3. The molecule has 1 fully saturated rings. The zero-order valence-electron chi connectivity index (χ0n) is 11.6. The van der Waals surface area contributed by atoms with Crippen molar-refractivity contribution in [1.29, 1.82) is 0 Å². The molecule has 2 aromatic rings. The number of aliphatic hydroxyl groups excluding tert-OH is 1. The van der Waals surface area contributed by atoms with Crippen molar-refractivity contribution in [1.82, 2.24) is 19.5 Å². The number of aliphatic hydroxyl groups is 1. The molecule has 4 N–H and O–H groups in total. The summed E-state index contributed by atoms with van der Waals surface area (Å²) in [6.45, 7) is 0. The van der Waals surface area contributed by atoms with Crippen molar-refractivity contribution in [3.05, 3.63) is 28.9 Å². The van der Waals surface area contributed by atoms with Crippen LogP contribution in [0.15, 0.2) is 17.8 Å². The molecule has 7 nitrogen and oxygen atoms in total. The second-order valence-electron chi connectivity index (χ2n) is 5.40. The molecule has 1 atom stereocenters. The smallest absolute Gasteiger partial charge is 0.256 e. The number of hydrogen-bond donors (Lipinski definition) is 3. The van der Waals surface area contributed by atoms with Gasteiger partial charge in [-0.05, 0) is 30.3 Å². The highest BCUT2D eigenvalue weighted by molar-refractivity contribution is 7.04. The first-order valence-electron chi connectivity index (χ1n) is 6.72. The van der Waals surface area contributed by atoms with Crippen LogP contribution in [0.25, 0.3) is 0 Å². The number of nitrogen functional groups attached to an aromatic ring is 1. The molecule has 1 saturated carbocycles. The summed E-state index contributed by atoms with van der Waals surface area (Å²) in [5.74, 6) is 0.216. The van der Waals surface area contributed by atoms with Crippen molar-refractivity contribution in [2.24, 2.45) is 13.0 Å². The summed E-state index contributed by atoms with van der Waals surface area (Å²) in [7, 11) is 1.83. The Kier molecular flexibility index (Phi) is 3.64. The van der Waals surface area contributed by atoms with Crippen LogP contribution in [-0.2, 0) is 7.05 Å². The van der Waals surface area contributed by atoms with Gasteiger partial charge in [0.05, 0.1) is 23.9 Å². The third-order valence-corrected chi connectivity index (χ3v) is 4.48. The maximum Gasteiger partial charge on any atom is 0.256 e. The summed E-state index contributed by atoms with van der Waals surface area (Å²) < 4.78 is 5.61. The second-order valence-corrected chi connectivity index (χ2v) is 6.03. The molecule has 2 aromatic heterocycles. The predicted octanol–water partition coefficient (Wildman–Crippen LogP) is 0.701. The van der Waals surface area contributed by atoms with Crippen LogP contribution in [-0.4, -0.2) is 31.3 Å². The Labute approximate surface area is 125 Å². The number of amides is 1. The summed E-state index contributed by atoms with van der Waals surface area (Å²) in [5, 5.41) is 18.3. The van der Waals surface area contributed by atoms with Crippen LogP contribution >= 0.6 is 11.5 Å². The van der Waals surface area contributed by atoms with Gasteiger partial charge >= 0.3 is 0 Å². The number of aryl methyl sites for hydroxylation is 1. The first-order valence-corrected chi connectivity index (χ1v) is 7.55. The molecule has 0 aliphatic heterocycles. The molecule has 0 aromatic carbocycles. The van der Waals surface area contributed by atoms with Gasteiger partial charge in [-0.3, -0.25) is 9.48 Å². The van der Waals surface area contributed by atoms with Crippen LogP contribution < -0.4 is 11.1 Å². The lowest BCUT2D eigenvalue weighted by Gasteiger charge is -2.37. The lowest BCUT2D eigenvalue weighted by molar-refractivity contribution is 0.0235. The molecular formula is C13H17N5O2S. The minimum Gasteiger partial charge on any atom is -0.393 e. The maximum absolute atomic E-state index is 12.3. The first kappa shape index (κ1) is 14.0. The lowest BCUT2D eigenvalue weighted by atomic mass is 9.75. The fourth-order valence-electron chi connectivity index (χ4n) is 2.61. The van der Waals surface area contributed by atoms with Crippen LogP contribution in [0.5, 0.6) is 0 Å². The Bertz CT molecular complexity index is 647. The largest absolute Gasteiger partial charge is 0.393 e. The van der Waals surface area contributed by atoms with E-state index >= 15 is 0 Å². The van der Waals surface area contributed by atoms with Gasteiger partial charge in [-0.2, -0.15) is 9.47 Å². The van der Waals surface area contributed by atoms with Gasteiger partial charge in [0, 0.05) is 24.2 Å². The van der Waals surface area contributed by atoms with E-state index in [9.17, 15) is 9.90 Å². The minimum absolute atomic E-state index is 0.172. The summed E-state index contributed by atoms with van der Waals surface area (Å²) in [4.78, 5) is 12.3. The lowest BCUT2D eigenvalue weighted by Crippen LogP contribution is -2.41. The molecule has 8 heteroatoms. The first-order chi connectivity index (χ1) is 10.0. The quantitative estimate of drug-likeness (QED) is 0.771. The number of carbonyl (C=O) groups is 1. The molecule has 0 spiro atoms. The molecule has 3 rings (SSSR count). The van der Waals surface area contributed by atoms with Crippen molar-refractivity contribution in [3.8, 4) is 0 Å². The molecule has 112 valence electrons. The monoisotopic (exact) mass is 307 g/mol. The SMILES string of the molecule is Cn1cc([C@@H](NC(=O)c2csnc2N)C2CC(O)C2)cn1. The molecule has 1 aliphatic rings. The molecule has 2 heterocycles. The molecule has 1 aliphatic carbocycles. The molecule has 0 bridgehead atoms. The average Bonchev–Trinajstić information content (AvgIpc) is 3.01. The highest BCUT2D eigenvalue weighted by atomic mass is 32.1. The van der Waals surface area contributed by atoms with Gasteiger partial charge in [0.15, 0.2) is 0 Å². The van der Waals surface area contributed by atoms with Gasteiger partial charge in [0.25, 0.3) is 5.91 Å². The highest BCUT2D eigenvalue weighted by Gasteiger charge is 2.36. The van der Waals surface area contributed by atoms with E-state index in [1.165, 1.54) is 0 Å². The van der Waals surface area contributed by atoms with Gasteiger partial charge in [-0.1, -0.05) is 0 Å². The molecule has 21 heavy (non-hydrogen) atoms. The standard InChI is InChI=1S/C13H17N5O2S/c1-18-5-8(4-15-18)11(7-2-9(19)3-7)16-13(20)10-6-21-17-12(10)14/h4-7,9,11,19H,2-3H2,1H3,(H2,14,17)(H,16,20)/t7?,9?,11-/m0/s1. The second kappa shape index (κ2) is 5.45. The van der Waals surface area contributed by atoms with Crippen LogP contribution in [0.3, 0.4) is 0 Å². The topological polar surface area (TPSA) is 106 Å². The number of rotatable bonds is 4. The van der Waals surface area contributed by atoms with Gasteiger partial charge in [0.2, 0.25) is 0 Å². The number of nitrogens with two attached hydrogens (primary N) is 1. The normalized spacial score (nSPS) is 22.6. The molecular weight excluding hydrogens is 290 g/mol. The van der Waals surface area contributed by atoms with Crippen LogP contribution in [0, 0.1) is 5.92 Å². The van der Waals surface area contributed by atoms with E-state index in [2.05, 4.69) is 14.8 Å². The predicted molar refractivity (Wildman–Crippen MR) is 78.7 cm³/mol. The van der Waals surface area contributed by atoms with Crippen LogP contribution in [0.2, 0.25) is 0 Å². The van der Waals surface area contributed by atoms with Crippen LogP contribution in [0.1, 0.15) is 34.8 Å². The van der Waals surface area contributed by atoms with Gasteiger partial charge in [-0.15, -0.1) is 0 Å². The van der Waals surface area contributed by atoms with Crippen molar-refractivity contribution >= 4 is 23.3 Å². The summed E-state index contributed by atoms with van der Waals surface area (Å²) >= 11 is 1.16. The number of carbonyl (C=O) groups excluding carboxylic acids is 1. The molecule has 0 saturated heterocycles. The van der Waals surface area contributed by atoms with Gasteiger partial charge in [0.1, 0.15) is 5.82 Å². The number of nitrogens with one attached hydrogen (secondary N) is 1. The van der Waals surface area contributed by atoms with Crippen LogP contribution in [0.4, 0.5) is 5.82 Å². The highest BCUT2D eigenvalue weighted by Crippen LogP contribution is 2.38. The maximum atomic E-state index is 12.3. The molecule has 0 radical (unpaired) electrons. The Morgan fingerprint density at radius 2 is 2.38 bits per heavy atom. The third kappa shape index (κ3) is 2.77. The minimum atomic E-state index is -0.279. The van der Waals surface area contributed by atoms with Crippen molar-refractivity contribution < 1.29 is 9.90 Å². The van der Waals surface area contributed by atoms with Crippen molar-refractivity contribution in [2.45, 2.75) is 25.0 Å². The molecule has 0 unspecified atom stereocenters. The summed E-state index contributed by atoms with van der Waals surface area (Å²) in [6.07, 6.45) is 4.70. The number of hydrogen-bond acceptors (Lipinski definition) is 6. The zero-order chi connectivity index (χ0) is 15.0. The van der Waals surface area contributed by atoms with Gasteiger partial charge < -0.3 is 16.2 Å². The summed E-state index contributed by atoms with van der Waals surface area (Å²) in [6, 6.07) is -0.172. The number of nitrogens with zero attached hydrogens (tertiary/aromatic N) is 3. The molecule has 1 amide bonds. The Hall–Kier alpha value is -1.93. The third-order valence-electron chi connectivity index (χ3n) is 3.83. The van der Waals surface area contributed by atoms with E-state index in [0.717, 1.165) is 17.1 Å². The van der Waals surface area contributed by atoms with Crippen molar-refractivity contribution in [2.75, 3.05) is 5.73 Å². The fourth-order valence-corrected chi connectivity index (χ4v) is 3.21. The van der Waals surface area contributed by atoms with Crippen molar-refractivity contribution in [3.63, 3.8) is 0 Å². The Morgan fingerprint density at radius 3 is 2.90 bits per heavy atom. The fraction of sp³-hybridized carbons (Fsp3) is 0.462. The van der Waals surface area contributed by atoms with E-state index in [4.69, 9.17) is 5.73 Å².